The highest BCUT2D eigenvalue weighted by molar-refractivity contribution is 6.04. The van der Waals surface area contributed by atoms with Crippen LogP contribution < -0.4 is 5.01 Å². The third-order valence-electron chi connectivity index (χ3n) is 3.79. The Labute approximate surface area is 130 Å². The van der Waals surface area contributed by atoms with Crippen molar-refractivity contribution in [3.05, 3.63) is 64.7 Å². The number of benzene rings is 2. The van der Waals surface area contributed by atoms with Crippen LogP contribution in [0.2, 0.25) is 0 Å². The van der Waals surface area contributed by atoms with E-state index in [2.05, 4.69) is 12.0 Å². The van der Waals surface area contributed by atoms with E-state index in [4.69, 9.17) is 4.74 Å². The zero-order valence-electron chi connectivity index (χ0n) is 13.0. The molecule has 22 heavy (non-hydrogen) atoms. The number of nitrogens with zero attached hydrogens (tertiary/aromatic N) is 2. The smallest absolute Gasteiger partial charge is 0.285 e. The van der Waals surface area contributed by atoms with Crippen LogP contribution in [0.15, 0.2) is 47.6 Å². The summed E-state index contributed by atoms with van der Waals surface area (Å²) in [7, 11) is 0. The van der Waals surface area contributed by atoms with Crippen molar-refractivity contribution in [1.82, 2.24) is 0 Å². The number of anilines is 1. The van der Waals surface area contributed by atoms with Gasteiger partial charge < -0.3 is 4.74 Å². The molecule has 1 aliphatic rings. The molecule has 4 heteroatoms. The SMILES string of the molecule is Cc1ccc(N2N=C(c3ccc(C)c(C)c3)OCC2=O)cc1. The molecule has 3 rings (SSSR count). The largest absolute Gasteiger partial charge is 0.466 e. The first-order valence-electron chi connectivity index (χ1n) is 7.23. The summed E-state index contributed by atoms with van der Waals surface area (Å²) in [4.78, 5) is 12.1. The molecular formula is C18H18N2O2. The molecule has 2 aromatic rings. The molecule has 0 atom stereocenters. The van der Waals surface area contributed by atoms with Gasteiger partial charge >= 0.3 is 0 Å². The van der Waals surface area contributed by atoms with E-state index in [0.717, 1.165) is 16.8 Å². The number of carbonyl (C=O) groups is 1. The van der Waals surface area contributed by atoms with Crippen LogP contribution in [0, 0.1) is 20.8 Å². The zero-order chi connectivity index (χ0) is 15.7. The number of amides is 1. The molecule has 112 valence electrons. The highest BCUT2D eigenvalue weighted by atomic mass is 16.5. The van der Waals surface area contributed by atoms with Gasteiger partial charge in [0.25, 0.3) is 5.91 Å². The van der Waals surface area contributed by atoms with Gasteiger partial charge in [-0.1, -0.05) is 23.8 Å². The lowest BCUT2D eigenvalue weighted by atomic mass is 10.1. The second-order valence-corrected chi connectivity index (χ2v) is 5.53. The van der Waals surface area contributed by atoms with Crippen LogP contribution in [0.5, 0.6) is 0 Å². The van der Waals surface area contributed by atoms with Crippen LogP contribution in [0.1, 0.15) is 22.3 Å². The third-order valence-corrected chi connectivity index (χ3v) is 3.79. The number of hydrogen-bond acceptors (Lipinski definition) is 3. The summed E-state index contributed by atoms with van der Waals surface area (Å²) in [5.74, 6) is 0.305. The summed E-state index contributed by atoms with van der Waals surface area (Å²) in [6, 6.07) is 13.7. The van der Waals surface area contributed by atoms with E-state index >= 15 is 0 Å². The number of rotatable bonds is 2. The van der Waals surface area contributed by atoms with E-state index in [9.17, 15) is 4.79 Å². The molecule has 1 amide bonds. The van der Waals surface area contributed by atoms with Crippen molar-refractivity contribution in [2.24, 2.45) is 5.10 Å². The maximum atomic E-state index is 12.1. The van der Waals surface area contributed by atoms with Crippen LogP contribution in [-0.2, 0) is 9.53 Å². The van der Waals surface area contributed by atoms with Gasteiger partial charge in [0.15, 0.2) is 6.61 Å². The second-order valence-electron chi connectivity index (χ2n) is 5.53. The van der Waals surface area contributed by atoms with Crippen molar-refractivity contribution >= 4 is 17.5 Å². The molecular weight excluding hydrogens is 276 g/mol. The maximum absolute atomic E-state index is 12.1. The van der Waals surface area contributed by atoms with Gasteiger partial charge in [0, 0.05) is 5.56 Å². The molecule has 0 fully saturated rings. The Morgan fingerprint density at radius 1 is 1.00 bits per heavy atom. The van der Waals surface area contributed by atoms with Crippen LogP contribution in [0.25, 0.3) is 0 Å². The number of hydrogen-bond donors (Lipinski definition) is 0. The second kappa shape index (κ2) is 5.64. The van der Waals surface area contributed by atoms with Crippen molar-refractivity contribution < 1.29 is 9.53 Å². The van der Waals surface area contributed by atoms with E-state index in [-0.39, 0.29) is 12.5 Å². The average Bonchev–Trinajstić information content (AvgIpc) is 2.52. The Hall–Kier alpha value is -2.62. The van der Waals surface area contributed by atoms with Gasteiger partial charge in [0.05, 0.1) is 5.69 Å². The Morgan fingerprint density at radius 3 is 2.41 bits per heavy atom. The Morgan fingerprint density at radius 2 is 1.73 bits per heavy atom. The lowest BCUT2D eigenvalue weighted by Gasteiger charge is -2.24. The predicted octanol–water partition coefficient (Wildman–Crippen LogP) is 3.34. The monoisotopic (exact) mass is 294 g/mol. The molecule has 4 nitrogen and oxygen atoms in total. The molecule has 0 saturated carbocycles. The fourth-order valence-corrected chi connectivity index (χ4v) is 2.27. The topological polar surface area (TPSA) is 41.9 Å². The Kier molecular flexibility index (Phi) is 3.67. The fourth-order valence-electron chi connectivity index (χ4n) is 2.27. The van der Waals surface area contributed by atoms with Crippen molar-refractivity contribution in [1.29, 1.82) is 0 Å². The standard InChI is InChI=1S/C18H18N2O2/c1-12-4-8-16(9-5-12)20-17(21)11-22-18(19-20)15-7-6-13(2)14(3)10-15/h4-10H,11H2,1-3H3. The van der Waals surface area contributed by atoms with E-state index in [1.165, 1.54) is 16.1 Å². The number of carbonyl (C=O) groups excluding carboxylic acids is 1. The number of hydrazone groups is 1. The highest BCUT2D eigenvalue weighted by Gasteiger charge is 2.24. The average molecular weight is 294 g/mol. The predicted molar refractivity (Wildman–Crippen MR) is 87.1 cm³/mol. The normalized spacial score (nSPS) is 14.6. The van der Waals surface area contributed by atoms with Crippen LogP contribution in [0.4, 0.5) is 5.69 Å². The molecule has 0 aliphatic carbocycles. The van der Waals surface area contributed by atoms with Gasteiger partial charge in [-0.2, -0.15) is 5.01 Å². The molecule has 0 N–H and O–H groups in total. The highest BCUT2D eigenvalue weighted by Crippen LogP contribution is 2.20. The summed E-state index contributed by atoms with van der Waals surface area (Å²) < 4.78 is 5.51. The summed E-state index contributed by atoms with van der Waals surface area (Å²) in [5.41, 5.74) is 5.16. The molecule has 1 heterocycles. The molecule has 0 saturated heterocycles. The minimum Gasteiger partial charge on any atom is -0.466 e. The maximum Gasteiger partial charge on any atom is 0.285 e. The van der Waals surface area contributed by atoms with E-state index in [0.29, 0.717) is 5.90 Å². The minimum absolute atomic E-state index is 0.000363. The molecule has 0 unspecified atom stereocenters. The number of ether oxygens (including phenoxy) is 1. The van der Waals surface area contributed by atoms with Crippen molar-refractivity contribution in [2.75, 3.05) is 11.6 Å². The van der Waals surface area contributed by atoms with Crippen molar-refractivity contribution in [3.8, 4) is 0 Å². The molecule has 0 aromatic heterocycles. The lowest BCUT2D eigenvalue weighted by Crippen LogP contribution is -2.36. The van der Waals surface area contributed by atoms with E-state index in [1.54, 1.807) is 0 Å². The van der Waals surface area contributed by atoms with Crippen LogP contribution >= 0.6 is 0 Å². The van der Waals surface area contributed by atoms with Crippen LogP contribution in [0.3, 0.4) is 0 Å². The third kappa shape index (κ3) is 2.72. The minimum atomic E-state index is -0.170. The molecule has 1 aliphatic heterocycles. The first-order valence-corrected chi connectivity index (χ1v) is 7.23. The fraction of sp³-hybridized carbons (Fsp3) is 0.222. The Bertz CT molecular complexity index is 748. The summed E-state index contributed by atoms with van der Waals surface area (Å²) in [6.45, 7) is 6.12. The first kappa shape index (κ1) is 14.3. The van der Waals surface area contributed by atoms with Gasteiger partial charge in [-0.15, -0.1) is 5.10 Å². The molecule has 0 spiro atoms. The molecule has 2 aromatic carbocycles. The quantitative estimate of drug-likeness (QED) is 0.852. The van der Waals surface area contributed by atoms with Gasteiger partial charge in [-0.3, -0.25) is 4.79 Å². The van der Waals surface area contributed by atoms with Gasteiger partial charge in [0.2, 0.25) is 5.90 Å². The van der Waals surface area contributed by atoms with Gasteiger partial charge in [-0.25, -0.2) is 0 Å². The zero-order valence-corrected chi connectivity index (χ0v) is 13.0. The molecule has 0 bridgehead atoms. The van der Waals surface area contributed by atoms with E-state index < -0.39 is 0 Å². The van der Waals surface area contributed by atoms with Gasteiger partial charge in [-0.05, 0) is 56.2 Å². The first-order chi connectivity index (χ1) is 10.5. The van der Waals surface area contributed by atoms with E-state index in [1.807, 2.05) is 56.3 Å². The molecule has 0 radical (unpaired) electrons. The van der Waals surface area contributed by atoms with Crippen molar-refractivity contribution in [2.45, 2.75) is 20.8 Å². The Balaban J connectivity index is 1.98. The van der Waals surface area contributed by atoms with Gasteiger partial charge in [0.1, 0.15) is 0 Å². The van der Waals surface area contributed by atoms with Crippen molar-refractivity contribution in [3.63, 3.8) is 0 Å². The summed E-state index contributed by atoms with van der Waals surface area (Å²) >= 11 is 0. The summed E-state index contributed by atoms with van der Waals surface area (Å²) in [5, 5.41) is 5.79. The lowest BCUT2D eigenvalue weighted by molar-refractivity contribution is -0.121. The van der Waals surface area contributed by atoms with Crippen LogP contribution in [-0.4, -0.2) is 18.4 Å². The summed E-state index contributed by atoms with van der Waals surface area (Å²) in [6.07, 6.45) is 0. The number of aryl methyl sites for hydroxylation is 3.